The smallest absolute Gasteiger partial charge is 0.465 e. The van der Waals surface area contributed by atoms with E-state index in [2.05, 4.69) is 0 Å². The molecule has 2 aliphatic heterocycles. The van der Waals surface area contributed by atoms with Crippen molar-refractivity contribution in [1.82, 2.24) is 0 Å². The van der Waals surface area contributed by atoms with Crippen LogP contribution in [0.5, 0.6) is 0 Å². The van der Waals surface area contributed by atoms with Gasteiger partial charge in [0.1, 0.15) is 0 Å². The first-order valence-corrected chi connectivity index (χ1v) is 9.10. The summed E-state index contributed by atoms with van der Waals surface area (Å²) in [7, 11) is 0. The molecule has 0 aromatic heterocycles. The molecule has 2 aliphatic rings. The summed E-state index contributed by atoms with van der Waals surface area (Å²) >= 11 is 6.59. The molecule has 0 saturated carbocycles. The Balaban J connectivity index is 2.01. The average Bonchev–Trinajstić information content (AvgIpc) is 2.81. The van der Waals surface area contributed by atoms with Crippen LogP contribution in [-0.4, -0.2) is 29.9 Å². The number of rotatable bonds is 1. The van der Waals surface area contributed by atoms with Gasteiger partial charge in [-0.05, 0) is 38.5 Å². The maximum Gasteiger partial charge on any atom is 0.510 e. The Bertz CT molecular complexity index is 427. The van der Waals surface area contributed by atoms with Gasteiger partial charge in [0.25, 0.3) is 0 Å². The molecule has 2 saturated heterocycles. The largest absolute Gasteiger partial charge is 0.510 e. The zero-order valence-corrected chi connectivity index (χ0v) is 14.8. The lowest BCUT2D eigenvalue weighted by atomic mass is 9.91. The van der Waals surface area contributed by atoms with E-state index in [1.807, 2.05) is 13.8 Å². The molecule has 6 heteroatoms. The second-order valence-electron chi connectivity index (χ2n) is 6.61. The lowest BCUT2D eigenvalue weighted by molar-refractivity contribution is -0.149. The van der Waals surface area contributed by atoms with Crippen molar-refractivity contribution in [1.29, 1.82) is 0 Å². The lowest BCUT2D eigenvalue weighted by Crippen LogP contribution is -2.40. The Hall–Kier alpha value is -0.970. The van der Waals surface area contributed by atoms with Crippen LogP contribution in [0.25, 0.3) is 0 Å². The molecule has 0 radical (unpaired) electrons. The third-order valence-electron chi connectivity index (χ3n) is 4.96. The van der Waals surface area contributed by atoms with Crippen LogP contribution in [-0.2, 0) is 19.0 Å². The molecule has 0 spiro atoms. The molecular formula is C17H27ClO5. The molecule has 0 bridgehead atoms. The van der Waals surface area contributed by atoms with Crippen LogP contribution in [0.4, 0.5) is 4.79 Å². The molecule has 0 aliphatic carbocycles. The summed E-state index contributed by atoms with van der Waals surface area (Å²) in [4.78, 5) is 23.6. The third-order valence-corrected chi connectivity index (χ3v) is 5.65. The first-order valence-electron chi connectivity index (χ1n) is 8.72. The van der Waals surface area contributed by atoms with Crippen LogP contribution in [0.15, 0.2) is 0 Å². The van der Waals surface area contributed by atoms with Crippen molar-refractivity contribution in [3.8, 4) is 0 Å². The summed E-state index contributed by atoms with van der Waals surface area (Å²) in [5.74, 6) is -0.161. The van der Waals surface area contributed by atoms with Crippen LogP contribution in [0, 0.1) is 11.8 Å². The molecule has 0 N–H and O–H groups in total. The number of cyclic esters (lactones) is 1. The van der Waals surface area contributed by atoms with E-state index in [0.717, 1.165) is 32.1 Å². The minimum absolute atomic E-state index is 0.00452. The average molecular weight is 347 g/mol. The lowest BCUT2D eigenvalue weighted by Gasteiger charge is -2.30. The number of halogens is 1. The highest BCUT2D eigenvalue weighted by Gasteiger charge is 2.53. The second kappa shape index (κ2) is 8.22. The van der Waals surface area contributed by atoms with Gasteiger partial charge in [-0.15, -0.1) is 0 Å². The Morgan fingerprint density at radius 2 is 1.87 bits per heavy atom. The quantitative estimate of drug-likeness (QED) is 0.520. The number of ether oxygens (including phenoxy) is 3. The maximum absolute atomic E-state index is 12.0. The minimum atomic E-state index is -1.10. The van der Waals surface area contributed by atoms with E-state index in [1.54, 1.807) is 0 Å². The minimum Gasteiger partial charge on any atom is -0.465 e. The molecule has 23 heavy (non-hydrogen) atoms. The summed E-state index contributed by atoms with van der Waals surface area (Å²) in [5, 5.41) is -1.10. The van der Waals surface area contributed by atoms with Gasteiger partial charge in [-0.3, -0.25) is 4.79 Å². The van der Waals surface area contributed by atoms with Gasteiger partial charge >= 0.3 is 12.1 Å². The van der Waals surface area contributed by atoms with Gasteiger partial charge in [0.15, 0.2) is 6.10 Å². The van der Waals surface area contributed by atoms with Gasteiger partial charge in [-0.1, -0.05) is 38.3 Å². The molecule has 4 atom stereocenters. The second-order valence-corrected chi connectivity index (χ2v) is 7.20. The molecule has 5 nitrogen and oxygen atoms in total. The van der Waals surface area contributed by atoms with Crippen LogP contribution in [0.1, 0.15) is 65.2 Å². The third kappa shape index (κ3) is 4.52. The van der Waals surface area contributed by atoms with Crippen molar-refractivity contribution in [2.24, 2.45) is 11.8 Å². The van der Waals surface area contributed by atoms with E-state index in [4.69, 9.17) is 25.8 Å². The molecular weight excluding hydrogens is 320 g/mol. The van der Waals surface area contributed by atoms with Crippen molar-refractivity contribution in [3.63, 3.8) is 0 Å². The fourth-order valence-corrected chi connectivity index (χ4v) is 3.68. The highest BCUT2D eigenvalue weighted by Crippen LogP contribution is 2.42. The molecule has 0 amide bonds. The fourth-order valence-electron chi connectivity index (χ4n) is 3.35. The summed E-state index contributed by atoms with van der Waals surface area (Å²) in [6.07, 6.45) is 5.50. The van der Waals surface area contributed by atoms with E-state index in [-0.39, 0.29) is 17.8 Å². The number of fused-ring (bicyclic) bond motifs is 1. The number of carbonyl (C=O) groups excluding carboxylic acids is 2. The molecule has 4 unspecified atom stereocenters. The first-order chi connectivity index (χ1) is 11.0. The van der Waals surface area contributed by atoms with Crippen molar-refractivity contribution in [2.75, 3.05) is 6.61 Å². The van der Waals surface area contributed by atoms with Gasteiger partial charge in [0.2, 0.25) is 5.06 Å². The zero-order valence-electron chi connectivity index (χ0n) is 14.0. The fraction of sp³-hybridized carbons (Fsp3) is 0.882. The summed E-state index contributed by atoms with van der Waals surface area (Å²) in [6, 6.07) is 0. The number of carbonyl (C=O) groups is 2. The van der Waals surface area contributed by atoms with Gasteiger partial charge < -0.3 is 14.2 Å². The van der Waals surface area contributed by atoms with E-state index in [0.29, 0.717) is 25.9 Å². The van der Waals surface area contributed by atoms with Gasteiger partial charge in [0, 0.05) is 5.92 Å². The number of hydrogen-bond acceptors (Lipinski definition) is 5. The molecule has 2 heterocycles. The zero-order chi connectivity index (χ0) is 16.9. The van der Waals surface area contributed by atoms with Crippen molar-refractivity contribution < 1.29 is 23.8 Å². The van der Waals surface area contributed by atoms with E-state index in [1.165, 1.54) is 0 Å². The summed E-state index contributed by atoms with van der Waals surface area (Å²) < 4.78 is 15.9. The standard InChI is InChI=1S/C17H27ClO5/c1-3-13-9-5-4-6-10-14-17(18,23-16(20)22-14)12(2)8-7-11-21-15(13)19/h12-14H,3-11H2,1-2H3. The molecule has 2 fully saturated rings. The van der Waals surface area contributed by atoms with E-state index < -0.39 is 17.3 Å². The van der Waals surface area contributed by atoms with Crippen LogP contribution < -0.4 is 0 Å². The highest BCUT2D eigenvalue weighted by atomic mass is 35.5. The van der Waals surface area contributed by atoms with Gasteiger partial charge in [-0.25, -0.2) is 4.79 Å². The monoisotopic (exact) mass is 346 g/mol. The normalized spacial score (nSPS) is 37.1. The SMILES string of the molecule is CCC1CCCCCC2OC(=O)OC2(Cl)C(C)CCCOC1=O. The Morgan fingerprint density at radius 3 is 2.61 bits per heavy atom. The summed E-state index contributed by atoms with van der Waals surface area (Å²) in [6.45, 7) is 4.35. The highest BCUT2D eigenvalue weighted by molar-refractivity contribution is 6.24. The van der Waals surface area contributed by atoms with Crippen molar-refractivity contribution in [2.45, 2.75) is 76.4 Å². The van der Waals surface area contributed by atoms with Crippen LogP contribution in [0.2, 0.25) is 0 Å². The molecule has 2 rings (SSSR count). The molecule has 0 aromatic carbocycles. The molecule has 0 aromatic rings. The molecule has 132 valence electrons. The first kappa shape index (κ1) is 18.4. The number of esters is 1. The van der Waals surface area contributed by atoms with Crippen LogP contribution in [0.3, 0.4) is 0 Å². The van der Waals surface area contributed by atoms with Crippen molar-refractivity contribution >= 4 is 23.7 Å². The summed E-state index contributed by atoms with van der Waals surface area (Å²) in [5.41, 5.74) is 0. The Labute approximate surface area is 143 Å². The van der Waals surface area contributed by atoms with Crippen molar-refractivity contribution in [3.05, 3.63) is 0 Å². The maximum atomic E-state index is 12.0. The Kier molecular flexibility index (Phi) is 6.57. The van der Waals surface area contributed by atoms with Crippen LogP contribution >= 0.6 is 11.6 Å². The van der Waals surface area contributed by atoms with E-state index in [9.17, 15) is 9.59 Å². The Morgan fingerprint density at radius 1 is 1.13 bits per heavy atom. The van der Waals surface area contributed by atoms with Gasteiger partial charge in [0.05, 0.1) is 12.5 Å². The number of hydrogen-bond donors (Lipinski definition) is 0. The predicted molar refractivity (Wildman–Crippen MR) is 86.2 cm³/mol. The topological polar surface area (TPSA) is 61.8 Å². The van der Waals surface area contributed by atoms with Gasteiger partial charge in [-0.2, -0.15) is 0 Å². The van der Waals surface area contributed by atoms with E-state index >= 15 is 0 Å². The number of alkyl halides is 1. The predicted octanol–water partition coefficient (Wildman–Crippen LogP) is 4.41.